The molecule has 0 radical (unpaired) electrons. The van der Waals surface area contributed by atoms with E-state index in [4.69, 9.17) is 0 Å². The Morgan fingerprint density at radius 3 is 3.24 bits per heavy atom. The standard InChI is InChI=1S/C11H16N2O2S2/c1-15-10(14)7-9-8-17-11(12-9)13-3-2-5-16-6-4-13/h8H,2-7H2,1H3. The Hall–Kier alpha value is -0.750. The van der Waals surface area contributed by atoms with Crippen molar-refractivity contribution in [2.24, 2.45) is 0 Å². The number of methoxy groups -OCH3 is 1. The lowest BCUT2D eigenvalue weighted by Gasteiger charge is -2.18. The summed E-state index contributed by atoms with van der Waals surface area (Å²) in [6.45, 7) is 2.12. The zero-order chi connectivity index (χ0) is 12.1. The first-order valence-electron chi connectivity index (χ1n) is 5.63. The highest BCUT2D eigenvalue weighted by atomic mass is 32.2. The highest BCUT2D eigenvalue weighted by Crippen LogP contribution is 2.23. The fourth-order valence-electron chi connectivity index (χ4n) is 1.68. The molecule has 2 rings (SSSR count). The van der Waals surface area contributed by atoms with Gasteiger partial charge in [-0.15, -0.1) is 11.3 Å². The lowest BCUT2D eigenvalue weighted by Crippen LogP contribution is -2.25. The number of ether oxygens (including phenoxy) is 1. The molecule has 0 aliphatic carbocycles. The Morgan fingerprint density at radius 1 is 1.53 bits per heavy atom. The fourth-order valence-corrected chi connectivity index (χ4v) is 3.45. The van der Waals surface area contributed by atoms with Crippen molar-refractivity contribution in [1.29, 1.82) is 0 Å². The molecular formula is C11H16N2O2S2. The molecular weight excluding hydrogens is 256 g/mol. The van der Waals surface area contributed by atoms with Crippen LogP contribution in [0.1, 0.15) is 12.1 Å². The van der Waals surface area contributed by atoms with Gasteiger partial charge in [0.15, 0.2) is 5.13 Å². The van der Waals surface area contributed by atoms with Gasteiger partial charge in [0.05, 0.1) is 19.2 Å². The van der Waals surface area contributed by atoms with Crippen LogP contribution in [0.4, 0.5) is 5.13 Å². The summed E-state index contributed by atoms with van der Waals surface area (Å²) in [6.07, 6.45) is 1.48. The predicted molar refractivity (Wildman–Crippen MR) is 72.0 cm³/mol. The summed E-state index contributed by atoms with van der Waals surface area (Å²) in [5.41, 5.74) is 0.814. The average molecular weight is 272 g/mol. The molecule has 1 fully saturated rings. The van der Waals surface area contributed by atoms with Crippen molar-refractivity contribution in [3.05, 3.63) is 11.1 Å². The molecule has 0 saturated carbocycles. The third kappa shape index (κ3) is 3.61. The number of nitrogens with zero attached hydrogens (tertiary/aromatic N) is 2. The molecule has 0 aromatic carbocycles. The number of carbonyl (C=O) groups is 1. The van der Waals surface area contributed by atoms with Gasteiger partial charge in [-0.05, 0) is 12.2 Å². The maximum Gasteiger partial charge on any atom is 0.311 e. The Morgan fingerprint density at radius 2 is 2.41 bits per heavy atom. The molecule has 1 aliphatic heterocycles. The van der Waals surface area contributed by atoms with Crippen molar-refractivity contribution in [3.63, 3.8) is 0 Å². The molecule has 94 valence electrons. The number of hydrogen-bond acceptors (Lipinski definition) is 6. The van der Waals surface area contributed by atoms with Crippen LogP contribution < -0.4 is 4.90 Å². The molecule has 0 unspecified atom stereocenters. The molecule has 1 saturated heterocycles. The van der Waals surface area contributed by atoms with E-state index >= 15 is 0 Å². The summed E-state index contributed by atoms with van der Waals surface area (Å²) in [5.74, 6) is 2.16. The summed E-state index contributed by atoms with van der Waals surface area (Å²) in [7, 11) is 1.40. The number of rotatable bonds is 3. The van der Waals surface area contributed by atoms with E-state index in [2.05, 4.69) is 14.6 Å². The molecule has 6 heteroatoms. The van der Waals surface area contributed by atoms with Crippen LogP contribution in [-0.4, -0.2) is 42.7 Å². The van der Waals surface area contributed by atoms with Gasteiger partial charge in [0.2, 0.25) is 0 Å². The van der Waals surface area contributed by atoms with E-state index in [-0.39, 0.29) is 12.4 Å². The number of thioether (sulfide) groups is 1. The molecule has 1 aliphatic rings. The minimum Gasteiger partial charge on any atom is -0.469 e. The van der Waals surface area contributed by atoms with Crippen molar-refractivity contribution in [3.8, 4) is 0 Å². The normalized spacial score (nSPS) is 16.6. The lowest BCUT2D eigenvalue weighted by atomic mass is 10.3. The van der Waals surface area contributed by atoms with Gasteiger partial charge in [-0.2, -0.15) is 11.8 Å². The Bertz CT molecular complexity index is 373. The van der Waals surface area contributed by atoms with Crippen molar-refractivity contribution in [1.82, 2.24) is 4.98 Å². The summed E-state index contributed by atoms with van der Waals surface area (Å²) in [5, 5.41) is 2.98. The van der Waals surface area contributed by atoms with Crippen LogP contribution in [0.15, 0.2) is 5.38 Å². The van der Waals surface area contributed by atoms with E-state index in [1.807, 2.05) is 17.1 Å². The molecule has 0 amide bonds. The molecule has 0 bridgehead atoms. The van der Waals surface area contributed by atoms with E-state index in [9.17, 15) is 4.79 Å². The van der Waals surface area contributed by atoms with Crippen LogP contribution >= 0.6 is 23.1 Å². The van der Waals surface area contributed by atoms with Gasteiger partial charge in [0.1, 0.15) is 0 Å². The maximum absolute atomic E-state index is 11.1. The van der Waals surface area contributed by atoms with Crippen LogP contribution in [0.25, 0.3) is 0 Å². The summed E-state index contributed by atoms with van der Waals surface area (Å²) in [4.78, 5) is 18.0. The molecule has 4 nitrogen and oxygen atoms in total. The monoisotopic (exact) mass is 272 g/mol. The first kappa shape index (κ1) is 12.7. The average Bonchev–Trinajstić information content (AvgIpc) is 2.63. The number of anilines is 1. The third-order valence-electron chi connectivity index (χ3n) is 2.59. The largest absolute Gasteiger partial charge is 0.469 e. The van der Waals surface area contributed by atoms with Crippen LogP contribution in [0, 0.1) is 0 Å². The molecule has 0 spiro atoms. The van der Waals surface area contributed by atoms with Crippen LogP contribution in [-0.2, 0) is 16.0 Å². The quantitative estimate of drug-likeness (QED) is 0.785. The van der Waals surface area contributed by atoms with Crippen molar-refractivity contribution < 1.29 is 9.53 Å². The van der Waals surface area contributed by atoms with Crippen LogP contribution in [0.5, 0.6) is 0 Å². The molecule has 1 aromatic heterocycles. The highest BCUT2D eigenvalue weighted by molar-refractivity contribution is 7.99. The first-order chi connectivity index (χ1) is 8.29. The number of esters is 1. The molecule has 0 atom stereocenters. The number of carbonyl (C=O) groups excluding carboxylic acids is 1. The summed E-state index contributed by atoms with van der Waals surface area (Å²) in [6, 6.07) is 0. The van der Waals surface area contributed by atoms with Crippen molar-refractivity contribution in [2.75, 3.05) is 36.6 Å². The summed E-state index contributed by atoms with van der Waals surface area (Å²) >= 11 is 3.61. The Balaban J connectivity index is 1.98. The smallest absolute Gasteiger partial charge is 0.311 e. The predicted octanol–water partition coefficient (Wildman–Crippen LogP) is 1.80. The van der Waals surface area contributed by atoms with Gasteiger partial charge in [0, 0.05) is 24.2 Å². The van der Waals surface area contributed by atoms with E-state index in [1.165, 1.54) is 19.3 Å². The van der Waals surface area contributed by atoms with E-state index in [0.29, 0.717) is 0 Å². The highest BCUT2D eigenvalue weighted by Gasteiger charge is 2.14. The third-order valence-corrected chi connectivity index (χ3v) is 4.58. The van der Waals surface area contributed by atoms with Gasteiger partial charge < -0.3 is 9.64 Å². The van der Waals surface area contributed by atoms with E-state index in [0.717, 1.165) is 29.7 Å². The van der Waals surface area contributed by atoms with Gasteiger partial charge >= 0.3 is 5.97 Å². The van der Waals surface area contributed by atoms with E-state index < -0.39 is 0 Å². The second kappa shape index (κ2) is 6.26. The molecule has 0 N–H and O–H groups in total. The summed E-state index contributed by atoms with van der Waals surface area (Å²) < 4.78 is 4.64. The van der Waals surface area contributed by atoms with Gasteiger partial charge in [0.25, 0.3) is 0 Å². The number of thiazole rings is 1. The van der Waals surface area contributed by atoms with Crippen LogP contribution in [0.2, 0.25) is 0 Å². The van der Waals surface area contributed by atoms with Gasteiger partial charge in [-0.1, -0.05) is 0 Å². The topological polar surface area (TPSA) is 42.4 Å². The molecule has 17 heavy (non-hydrogen) atoms. The van der Waals surface area contributed by atoms with Crippen LogP contribution in [0.3, 0.4) is 0 Å². The minimum absolute atomic E-state index is 0.228. The zero-order valence-electron chi connectivity index (χ0n) is 9.85. The number of hydrogen-bond donors (Lipinski definition) is 0. The van der Waals surface area contributed by atoms with E-state index in [1.54, 1.807) is 11.3 Å². The first-order valence-corrected chi connectivity index (χ1v) is 7.67. The van der Waals surface area contributed by atoms with Crippen molar-refractivity contribution in [2.45, 2.75) is 12.8 Å². The molecule has 2 heterocycles. The maximum atomic E-state index is 11.1. The SMILES string of the molecule is COC(=O)Cc1csc(N2CCCSCC2)n1. The second-order valence-electron chi connectivity index (χ2n) is 3.83. The Kier molecular flexibility index (Phi) is 4.67. The van der Waals surface area contributed by atoms with Gasteiger partial charge in [-0.3, -0.25) is 4.79 Å². The lowest BCUT2D eigenvalue weighted by molar-refractivity contribution is -0.139. The fraction of sp³-hybridized carbons (Fsp3) is 0.636. The second-order valence-corrected chi connectivity index (χ2v) is 5.89. The number of aromatic nitrogens is 1. The zero-order valence-corrected chi connectivity index (χ0v) is 11.5. The Labute approximate surface area is 109 Å². The van der Waals surface area contributed by atoms with Gasteiger partial charge in [-0.25, -0.2) is 4.98 Å². The van der Waals surface area contributed by atoms with Crippen molar-refractivity contribution >= 4 is 34.2 Å². The molecule has 1 aromatic rings. The minimum atomic E-state index is -0.228.